The van der Waals surface area contributed by atoms with Crippen LogP contribution in [0.2, 0.25) is 0 Å². The van der Waals surface area contributed by atoms with Crippen LogP contribution in [0.4, 0.5) is 13.2 Å². The summed E-state index contributed by atoms with van der Waals surface area (Å²) in [4.78, 5) is 24.9. The third-order valence-electron chi connectivity index (χ3n) is 4.03. The van der Waals surface area contributed by atoms with E-state index >= 15 is 0 Å². The van der Waals surface area contributed by atoms with Crippen LogP contribution >= 0.6 is 0 Å². The molecule has 1 aliphatic heterocycles. The summed E-state index contributed by atoms with van der Waals surface area (Å²) >= 11 is 0. The lowest BCUT2D eigenvalue weighted by molar-refractivity contribution is -0.206. The summed E-state index contributed by atoms with van der Waals surface area (Å²) in [5.41, 5.74) is -4.27. The standard InChI is InChI=1S/C15H15F3N4O2/c1-9-11(12(23)22(21-9)10-5-3-2-4-6-10)14(15(16,17)18)13(24)19-7-8-20-14/h2-6,20-21H,7-8H2,1H3,(H,19,24). The van der Waals surface area contributed by atoms with Gasteiger partial charge in [-0.15, -0.1) is 0 Å². The number of aromatic nitrogens is 2. The van der Waals surface area contributed by atoms with Crippen molar-refractivity contribution in [1.29, 1.82) is 0 Å². The highest BCUT2D eigenvalue weighted by molar-refractivity contribution is 5.89. The van der Waals surface area contributed by atoms with Crippen molar-refractivity contribution < 1.29 is 18.0 Å². The number of rotatable bonds is 2. The minimum Gasteiger partial charge on any atom is -0.353 e. The average Bonchev–Trinajstić information content (AvgIpc) is 2.83. The zero-order valence-corrected chi connectivity index (χ0v) is 12.7. The van der Waals surface area contributed by atoms with Gasteiger partial charge in [-0.25, -0.2) is 4.68 Å². The highest BCUT2D eigenvalue weighted by atomic mass is 19.4. The van der Waals surface area contributed by atoms with Gasteiger partial charge in [-0.1, -0.05) is 18.2 Å². The van der Waals surface area contributed by atoms with Crippen molar-refractivity contribution in [2.75, 3.05) is 13.1 Å². The molecule has 1 aromatic heterocycles. The number of benzene rings is 1. The first-order chi connectivity index (χ1) is 11.3. The second kappa shape index (κ2) is 5.52. The van der Waals surface area contributed by atoms with Gasteiger partial charge in [0.05, 0.1) is 11.3 Å². The minimum atomic E-state index is -4.97. The van der Waals surface area contributed by atoms with Crippen molar-refractivity contribution in [2.45, 2.75) is 18.6 Å². The molecule has 0 aliphatic carbocycles. The van der Waals surface area contributed by atoms with Crippen LogP contribution in [0.1, 0.15) is 11.3 Å². The van der Waals surface area contributed by atoms with E-state index < -0.39 is 28.7 Å². The van der Waals surface area contributed by atoms with Gasteiger partial charge in [0, 0.05) is 18.8 Å². The van der Waals surface area contributed by atoms with Gasteiger partial charge in [-0.3, -0.25) is 20.0 Å². The number of hydrogen-bond donors (Lipinski definition) is 3. The van der Waals surface area contributed by atoms with Crippen LogP contribution < -0.4 is 16.2 Å². The molecule has 2 aromatic rings. The fourth-order valence-corrected chi connectivity index (χ4v) is 2.96. The smallest absolute Gasteiger partial charge is 0.353 e. The third kappa shape index (κ3) is 2.23. The first kappa shape index (κ1) is 16.3. The van der Waals surface area contributed by atoms with Crippen molar-refractivity contribution in [3.05, 3.63) is 51.9 Å². The topological polar surface area (TPSA) is 78.9 Å². The molecule has 2 heterocycles. The lowest BCUT2D eigenvalue weighted by atomic mass is 9.86. The van der Waals surface area contributed by atoms with Crippen molar-refractivity contribution >= 4 is 5.91 Å². The first-order valence-corrected chi connectivity index (χ1v) is 7.26. The number of carbonyl (C=O) groups excluding carboxylic acids is 1. The molecule has 128 valence electrons. The number of piperazine rings is 1. The van der Waals surface area contributed by atoms with Gasteiger partial charge < -0.3 is 5.32 Å². The predicted octanol–water partition coefficient (Wildman–Crippen LogP) is 0.951. The number of para-hydroxylation sites is 1. The van der Waals surface area contributed by atoms with Gasteiger partial charge in [0.1, 0.15) is 0 Å². The number of nitrogens with zero attached hydrogens (tertiary/aromatic N) is 1. The van der Waals surface area contributed by atoms with E-state index in [0.29, 0.717) is 5.69 Å². The fraction of sp³-hybridized carbons (Fsp3) is 0.333. The largest absolute Gasteiger partial charge is 0.420 e. The number of H-pyrrole nitrogens is 1. The van der Waals surface area contributed by atoms with Crippen molar-refractivity contribution in [3.8, 4) is 5.69 Å². The van der Waals surface area contributed by atoms with E-state index in [1.165, 1.54) is 6.92 Å². The molecule has 1 amide bonds. The summed E-state index contributed by atoms with van der Waals surface area (Å²) < 4.78 is 42.5. The maximum atomic E-state index is 13.8. The molecule has 1 unspecified atom stereocenters. The van der Waals surface area contributed by atoms with Gasteiger partial charge in [-0.2, -0.15) is 13.2 Å². The normalized spacial score (nSPS) is 21.6. The summed E-state index contributed by atoms with van der Waals surface area (Å²) in [6, 6.07) is 8.19. The Labute approximate surface area is 134 Å². The summed E-state index contributed by atoms with van der Waals surface area (Å²) in [7, 11) is 0. The van der Waals surface area contributed by atoms with Crippen molar-refractivity contribution in [2.24, 2.45) is 0 Å². The maximum absolute atomic E-state index is 13.8. The van der Waals surface area contributed by atoms with Crippen LogP contribution in [-0.2, 0) is 10.3 Å². The maximum Gasteiger partial charge on any atom is 0.420 e. The predicted molar refractivity (Wildman–Crippen MR) is 79.9 cm³/mol. The summed E-state index contributed by atoms with van der Waals surface area (Å²) in [5, 5.41) is 7.04. The Kier molecular flexibility index (Phi) is 3.75. The van der Waals surface area contributed by atoms with Crippen molar-refractivity contribution in [3.63, 3.8) is 0 Å². The number of amides is 1. The number of nitrogens with one attached hydrogen (secondary N) is 3. The molecule has 0 bridgehead atoms. The molecule has 1 atom stereocenters. The summed E-state index contributed by atoms with van der Waals surface area (Å²) in [5.74, 6) is -1.28. The van der Waals surface area contributed by atoms with Gasteiger partial charge >= 0.3 is 6.18 Å². The summed E-state index contributed by atoms with van der Waals surface area (Å²) in [6.45, 7) is 1.31. The molecular formula is C15H15F3N4O2. The van der Waals surface area contributed by atoms with Crippen LogP contribution in [0.25, 0.3) is 5.69 Å². The van der Waals surface area contributed by atoms with E-state index in [1.807, 2.05) is 0 Å². The Balaban J connectivity index is 2.26. The number of aromatic amines is 1. The molecule has 24 heavy (non-hydrogen) atoms. The molecule has 1 saturated heterocycles. The number of aryl methyl sites for hydroxylation is 1. The molecule has 0 spiro atoms. The third-order valence-corrected chi connectivity index (χ3v) is 4.03. The molecule has 3 rings (SSSR count). The number of hydrogen-bond acceptors (Lipinski definition) is 3. The molecule has 0 radical (unpaired) electrons. The Morgan fingerprint density at radius 2 is 1.79 bits per heavy atom. The highest BCUT2D eigenvalue weighted by Crippen LogP contribution is 2.40. The molecular weight excluding hydrogens is 325 g/mol. The van der Waals surface area contributed by atoms with Crippen LogP contribution in [-0.4, -0.2) is 35.0 Å². The second-order valence-corrected chi connectivity index (χ2v) is 5.52. The first-order valence-electron chi connectivity index (χ1n) is 7.26. The molecule has 3 N–H and O–H groups in total. The van der Waals surface area contributed by atoms with Crippen LogP contribution in [0.15, 0.2) is 35.1 Å². The van der Waals surface area contributed by atoms with E-state index in [0.717, 1.165) is 4.68 Å². The molecule has 6 nitrogen and oxygen atoms in total. The van der Waals surface area contributed by atoms with Crippen molar-refractivity contribution in [1.82, 2.24) is 20.4 Å². The van der Waals surface area contributed by atoms with Gasteiger partial charge in [-0.05, 0) is 19.1 Å². The van der Waals surface area contributed by atoms with E-state index in [4.69, 9.17) is 0 Å². The minimum absolute atomic E-state index is 0.0225. The average molecular weight is 340 g/mol. The van der Waals surface area contributed by atoms with E-state index in [1.54, 1.807) is 30.3 Å². The Morgan fingerprint density at radius 3 is 2.38 bits per heavy atom. The van der Waals surface area contributed by atoms with Crippen LogP contribution in [0.3, 0.4) is 0 Å². The summed E-state index contributed by atoms with van der Waals surface area (Å²) in [6.07, 6.45) is -4.97. The second-order valence-electron chi connectivity index (χ2n) is 5.52. The quantitative estimate of drug-likeness (QED) is 0.762. The molecule has 1 fully saturated rings. The lowest BCUT2D eigenvalue weighted by Crippen LogP contribution is -2.69. The molecule has 1 aromatic carbocycles. The SMILES string of the molecule is Cc1[nH]n(-c2ccccc2)c(=O)c1C1(C(F)(F)F)NCCNC1=O. The number of alkyl halides is 3. The molecule has 0 saturated carbocycles. The molecule has 1 aliphatic rings. The van der Waals surface area contributed by atoms with Gasteiger partial charge in [0.15, 0.2) is 0 Å². The number of halogens is 3. The van der Waals surface area contributed by atoms with E-state index in [-0.39, 0.29) is 18.8 Å². The molecule has 9 heteroatoms. The van der Waals surface area contributed by atoms with Gasteiger partial charge in [0.25, 0.3) is 11.5 Å². The van der Waals surface area contributed by atoms with E-state index in [9.17, 15) is 22.8 Å². The Morgan fingerprint density at radius 1 is 1.12 bits per heavy atom. The fourth-order valence-electron chi connectivity index (χ4n) is 2.96. The van der Waals surface area contributed by atoms with E-state index in [2.05, 4.69) is 15.7 Å². The van der Waals surface area contributed by atoms with Gasteiger partial charge in [0.2, 0.25) is 5.54 Å². The Bertz CT molecular complexity index is 825. The van der Waals surface area contributed by atoms with Crippen LogP contribution in [0, 0.1) is 6.92 Å². The zero-order valence-electron chi connectivity index (χ0n) is 12.7. The van der Waals surface area contributed by atoms with Crippen LogP contribution in [0.5, 0.6) is 0 Å². The lowest BCUT2D eigenvalue weighted by Gasteiger charge is -2.37. The zero-order chi connectivity index (χ0) is 17.5. The highest BCUT2D eigenvalue weighted by Gasteiger charge is 2.64. The number of carbonyl (C=O) groups is 1. The Hall–Kier alpha value is -2.55. The monoisotopic (exact) mass is 340 g/mol.